The van der Waals surface area contributed by atoms with Crippen LogP contribution in [0.15, 0.2) is 0 Å². The third-order valence-electron chi connectivity index (χ3n) is 4.10. The Morgan fingerprint density at radius 1 is 1.23 bits per heavy atom. The van der Waals surface area contributed by atoms with Gasteiger partial charge in [-0.1, -0.05) is 0 Å². The van der Waals surface area contributed by atoms with E-state index < -0.39 is 0 Å². The summed E-state index contributed by atoms with van der Waals surface area (Å²) >= 11 is 0. The van der Waals surface area contributed by atoms with Crippen molar-refractivity contribution in [3.63, 3.8) is 0 Å². The molecule has 1 spiro atoms. The number of rotatable bonds is 2. The molecule has 0 aromatic heterocycles. The van der Waals surface area contributed by atoms with Crippen LogP contribution in [0.25, 0.3) is 0 Å². The molecule has 2 aliphatic heterocycles. The van der Waals surface area contributed by atoms with Crippen LogP contribution in [0.5, 0.6) is 0 Å². The molecule has 3 fully saturated rings. The largest absolute Gasteiger partial charge is 0.310 e. The monoisotopic (exact) mass is 180 g/mol. The molecule has 74 valence electrons. The van der Waals surface area contributed by atoms with Gasteiger partial charge in [0.1, 0.15) is 0 Å². The lowest BCUT2D eigenvalue weighted by Crippen LogP contribution is -2.56. The van der Waals surface area contributed by atoms with Crippen LogP contribution in [0.3, 0.4) is 0 Å². The molecule has 0 bridgehead atoms. The van der Waals surface area contributed by atoms with Crippen LogP contribution in [0, 0.1) is 5.41 Å². The second kappa shape index (κ2) is 2.48. The van der Waals surface area contributed by atoms with Crippen LogP contribution >= 0.6 is 0 Å². The summed E-state index contributed by atoms with van der Waals surface area (Å²) in [6.07, 6.45) is 5.76. The highest BCUT2D eigenvalue weighted by Crippen LogP contribution is 2.53. The Morgan fingerprint density at radius 3 is 2.54 bits per heavy atom. The third-order valence-corrected chi connectivity index (χ3v) is 4.10. The predicted octanol–water partition coefficient (Wildman–Crippen LogP) is 1.22. The number of hydrogen-bond acceptors (Lipinski definition) is 2. The van der Waals surface area contributed by atoms with E-state index in [1.165, 1.54) is 51.9 Å². The Labute approximate surface area is 80.7 Å². The smallest absolute Gasteiger partial charge is 0.0280 e. The van der Waals surface area contributed by atoms with E-state index in [9.17, 15) is 0 Å². The molecule has 1 saturated carbocycles. The highest BCUT2D eigenvalue weighted by Gasteiger charge is 2.53. The van der Waals surface area contributed by atoms with Crippen LogP contribution in [0.2, 0.25) is 0 Å². The maximum absolute atomic E-state index is 3.64. The van der Waals surface area contributed by atoms with E-state index in [4.69, 9.17) is 0 Å². The molecule has 1 atom stereocenters. The van der Waals surface area contributed by atoms with Crippen molar-refractivity contribution in [2.24, 2.45) is 5.41 Å². The number of nitrogens with one attached hydrogen (secondary N) is 1. The molecule has 2 saturated heterocycles. The van der Waals surface area contributed by atoms with E-state index in [2.05, 4.69) is 17.1 Å². The van der Waals surface area contributed by atoms with Crippen LogP contribution < -0.4 is 5.32 Å². The van der Waals surface area contributed by atoms with Crippen molar-refractivity contribution in [1.29, 1.82) is 0 Å². The molecule has 0 aromatic rings. The van der Waals surface area contributed by atoms with Gasteiger partial charge in [0.05, 0.1) is 0 Å². The zero-order chi connectivity index (χ0) is 8.94. The van der Waals surface area contributed by atoms with E-state index in [1.807, 2.05) is 0 Å². The number of likely N-dealkylation sites (tertiary alicyclic amines) is 1. The van der Waals surface area contributed by atoms with Crippen molar-refractivity contribution >= 4 is 0 Å². The summed E-state index contributed by atoms with van der Waals surface area (Å²) in [5.74, 6) is 0. The fraction of sp³-hybridized carbons (Fsp3) is 1.00. The van der Waals surface area contributed by atoms with Crippen LogP contribution in [0.1, 0.15) is 32.6 Å². The van der Waals surface area contributed by atoms with Crippen molar-refractivity contribution in [1.82, 2.24) is 10.2 Å². The molecular formula is C11H20N2. The Bertz CT molecular complexity index is 206. The summed E-state index contributed by atoms with van der Waals surface area (Å²) in [5, 5.41) is 3.64. The van der Waals surface area contributed by atoms with E-state index in [0.717, 1.165) is 5.41 Å². The van der Waals surface area contributed by atoms with Crippen molar-refractivity contribution in [2.45, 2.75) is 38.1 Å². The number of hydrogen-bond donors (Lipinski definition) is 1. The summed E-state index contributed by atoms with van der Waals surface area (Å²) in [6.45, 7) is 7.69. The molecule has 2 heteroatoms. The van der Waals surface area contributed by atoms with Crippen LogP contribution in [0.4, 0.5) is 0 Å². The topological polar surface area (TPSA) is 15.3 Å². The van der Waals surface area contributed by atoms with Gasteiger partial charge in [-0.2, -0.15) is 0 Å². The van der Waals surface area contributed by atoms with Gasteiger partial charge in [0.15, 0.2) is 0 Å². The first kappa shape index (κ1) is 8.25. The summed E-state index contributed by atoms with van der Waals surface area (Å²) in [7, 11) is 0. The minimum atomic E-state index is 0.441. The SMILES string of the molecule is CC1(CN2CC3(CC3)C2)CCCN1. The van der Waals surface area contributed by atoms with Gasteiger partial charge in [0.25, 0.3) is 0 Å². The second-order valence-electron chi connectivity index (χ2n) is 5.74. The summed E-state index contributed by atoms with van der Waals surface area (Å²) in [6, 6.07) is 0. The molecule has 0 amide bonds. The lowest BCUT2D eigenvalue weighted by molar-refractivity contribution is 0.0557. The minimum Gasteiger partial charge on any atom is -0.310 e. The zero-order valence-corrected chi connectivity index (χ0v) is 8.60. The van der Waals surface area contributed by atoms with Gasteiger partial charge in [-0.3, -0.25) is 0 Å². The Hall–Kier alpha value is -0.0800. The van der Waals surface area contributed by atoms with Gasteiger partial charge < -0.3 is 10.2 Å². The van der Waals surface area contributed by atoms with Gasteiger partial charge in [-0.25, -0.2) is 0 Å². The molecule has 0 radical (unpaired) electrons. The first-order valence-electron chi connectivity index (χ1n) is 5.67. The fourth-order valence-corrected chi connectivity index (χ4v) is 3.09. The third kappa shape index (κ3) is 1.40. The molecule has 2 heterocycles. The maximum Gasteiger partial charge on any atom is 0.0280 e. The summed E-state index contributed by atoms with van der Waals surface area (Å²) in [4.78, 5) is 2.64. The van der Waals surface area contributed by atoms with E-state index >= 15 is 0 Å². The van der Waals surface area contributed by atoms with E-state index in [1.54, 1.807) is 0 Å². The molecular weight excluding hydrogens is 160 g/mol. The quantitative estimate of drug-likeness (QED) is 0.687. The highest BCUT2D eigenvalue weighted by molar-refractivity contribution is 5.07. The van der Waals surface area contributed by atoms with Gasteiger partial charge in [-0.05, 0) is 44.6 Å². The normalized spacial score (nSPS) is 42.2. The maximum atomic E-state index is 3.64. The Morgan fingerprint density at radius 2 is 2.00 bits per heavy atom. The molecule has 1 N–H and O–H groups in total. The molecule has 0 aromatic carbocycles. The minimum absolute atomic E-state index is 0.441. The molecule has 2 nitrogen and oxygen atoms in total. The van der Waals surface area contributed by atoms with Gasteiger partial charge in [-0.15, -0.1) is 0 Å². The molecule has 1 unspecified atom stereocenters. The van der Waals surface area contributed by atoms with Crippen molar-refractivity contribution in [2.75, 3.05) is 26.2 Å². The molecule has 3 rings (SSSR count). The Kier molecular flexibility index (Phi) is 1.58. The average Bonchev–Trinajstić information content (AvgIpc) is 2.69. The number of nitrogens with zero attached hydrogens (tertiary/aromatic N) is 1. The standard InChI is InChI=1S/C11H20N2/c1-10(3-2-6-12-10)7-13-8-11(9-13)4-5-11/h12H,2-9H2,1H3. The molecule has 13 heavy (non-hydrogen) atoms. The van der Waals surface area contributed by atoms with Crippen molar-refractivity contribution in [3.8, 4) is 0 Å². The zero-order valence-electron chi connectivity index (χ0n) is 8.60. The van der Waals surface area contributed by atoms with Crippen molar-refractivity contribution < 1.29 is 0 Å². The first-order valence-corrected chi connectivity index (χ1v) is 5.67. The predicted molar refractivity (Wildman–Crippen MR) is 53.7 cm³/mol. The lowest BCUT2D eigenvalue weighted by atomic mass is 9.92. The lowest BCUT2D eigenvalue weighted by Gasteiger charge is -2.44. The second-order valence-corrected chi connectivity index (χ2v) is 5.74. The first-order chi connectivity index (χ1) is 6.20. The summed E-state index contributed by atoms with van der Waals surface area (Å²) in [5.41, 5.74) is 1.27. The average molecular weight is 180 g/mol. The van der Waals surface area contributed by atoms with Gasteiger partial charge >= 0.3 is 0 Å². The van der Waals surface area contributed by atoms with E-state index in [0.29, 0.717) is 5.54 Å². The molecule has 3 aliphatic rings. The fourth-order valence-electron chi connectivity index (χ4n) is 3.09. The molecule has 1 aliphatic carbocycles. The van der Waals surface area contributed by atoms with Gasteiger partial charge in [0, 0.05) is 25.2 Å². The Balaban J connectivity index is 1.52. The van der Waals surface area contributed by atoms with Crippen LogP contribution in [-0.2, 0) is 0 Å². The van der Waals surface area contributed by atoms with Crippen molar-refractivity contribution in [3.05, 3.63) is 0 Å². The highest BCUT2D eigenvalue weighted by atomic mass is 15.3. The van der Waals surface area contributed by atoms with E-state index in [-0.39, 0.29) is 0 Å². The van der Waals surface area contributed by atoms with Crippen LogP contribution in [-0.4, -0.2) is 36.6 Å². The summed E-state index contributed by atoms with van der Waals surface area (Å²) < 4.78 is 0. The van der Waals surface area contributed by atoms with Gasteiger partial charge in [0.2, 0.25) is 0 Å².